The maximum atomic E-state index is 14.0. The lowest BCUT2D eigenvalue weighted by atomic mass is 9.88. The van der Waals surface area contributed by atoms with E-state index in [1.807, 2.05) is 39.0 Å². The summed E-state index contributed by atoms with van der Waals surface area (Å²) in [6, 6.07) is 9.54. The molecule has 0 unspecified atom stereocenters. The summed E-state index contributed by atoms with van der Waals surface area (Å²) in [4.78, 5) is 0. The second-order valence-corrected chi connectivity index (χ2v) is 5.96. The normalized spacial score (nSPS) is 11.3. The molecule has 2 rings (SSSR count). The number of aryl methyl sites for hydroxylation is 2. The van der Waals surface area contributed by atoms with Crippen molar-refractivity contribution in [3.63, 3.8) is 0 Å². The number of allylic oxidation sites excluding steroid dienone is 1. The fourth-order valence-corrected chi connectivity index (χ4v) is 3.11. The third-order valence-electron chi connectivity index (χ3n) is 4.34. The molecular formula is C21H23FN2. The highest BCUT2D eigenvalue weighted by molar-refractivity contribution is 5.85. The second-order valence-electron chi connectivity index (χ2n) is 5.96. The van der Waals surface area contributed by atoms with Crippen molar-refractivity contribution in [3.8, 4) is 6.07 Å². The van der Waals surface area contributed by atoms with Crippen LogP contribution in [0, 0.1) is 37.9 Å². The zero-order chi connectivity index (χ0) is 17.9. The molecule has 2 aromatic carbocycles. The van der Waals surface area contributed by atoms with E-state index in [-0.39, 0.29) is 5.82 Å². The zero-order valence-electron chi connectivity index (χ0n) is 14.9. The average molecular weight is 322 g/mol. The number of benzene rings is 2. The van der Waals surface area contributed by atoms with Crippen LogP contribution in [-0.4, -0.2) is 7.05 Å². The Kier molecular flexibility index (Phi) is 5.41. The number of rotatable bonds is 4. The van der Waals surface area contributed by atoms with Crippen LogP contribution >= 0.6 is 0 Å². The van der Waals surface area contributed by atoms with Crippen LogP contribution < -0.4 is 5.32 Å². The van der Waals surface area contributed by atoms with E-state index in [0.717, 1.165) is 39.8 Å². The van der Waals surface area contributed by atoms with Crippen LogP contribution in [0.5, 0.6) is 0 Å². The van der Waals surface area contributed by atoms with Crippen molar-refractivity contribution in [2.45, 2.75) is 34.1 Å². The topological polar surface area (TPSA) is 35.8 Å². The Morgan fingerprint density at radius 2 is 1.88 bits per heavy atom. The molecule has 0 saturated heterocycles. The van der Waals surface area contributed by atoms with Gasteiger partial charge in [0.05, 0.1) is 17.3 Å². The first-order chi connectivity index (χ1) is 11.4. The molecule has 0 aliphatic carbocycles. The summed E-state index contributed by atoms with van der Waals surface area (Å²) >= 11 is 0. The molecule has 0 aliphatic heterocycles. The van der Waals surface area contributed by atoms with Gasteiger partial charge in [0.15, 0.2) is 0 Å². The van der Waals surface area contributed by atoms with Gasteiger partial charge in [-0.15, -0.1) is 0 Å². The van der Waals surface area contributed by atoms with E-state index in [2.05, 4.69) is 24.4 Å². The molecule has 1 N–H and O–H groups in total. The van der Waals surface area contributed by atoms with Gasteiger partial charge >= 0.3 is 0 Å². The molecule has 0 saturated carbocycles. The van der Waals surface area contributed by atoms with Crippen LogP contribution in [0.3, 0.4) is 0 Å². The molecule has 0 heterocycles. The van der Waals surface area contributed by atoms with Crippen molar-refractivity contribution < 1.29 is 4.39 Å². The number of nitrogens with one attached hydrogen (secondary N) is 1. The van der Waals surface area contributed by atoms with Crippen LogP contribution in [0.15, 0.2) is 30.3 Å². The number of nitriles is 1. The Hall–Kier alpha value is -2.60. The second kappa shape index (κ2) is 7.31. The van der Waals surface area contributed by atoms with Gasteiger partial charge in [0.25, 0.3) is 0 Å². The predicted molar refractivity (Wildman–Crippen MR) is 98.7 cm³/mol. The SMILES string of the molecule is CC/C=C(\c1cc(C#N)c(C)cc1C)c1ccc(F)c(NC)c1C. The van der Waals surface area contributed by atoms with Crippen LogP contribution in [0.1, 0.15) is 46.7 Å². The fraction of sp³-hybridized carbons (Fsp3) is 0.286. The van der Waals surface area contributed by atoms with Crippen molar-refractivity contribution in [3.05, 3.63) is 69.5 Å². The van der Waals surface area contributed by atoms with E-state index in [0.29, 0.717) is 11.3 Å². The minimum atomic E-state index is -0.257. The molecule has 2 nitrogen and oxygen atoms in total. The monoisotopic (exact) mass is 322 g/mol. The van der Waals surface area contributed by atoms with Crippen LogP contribution in [0.4, 0.5) is 10.1 Å². The van der Waals surface area contributed by atoms with Crippen molar-refractivity contribution in [1.82, 2.24) is 0 Å². The van der Waals surface area contributed by atoms with Gasteiger partial charge in [-0.05, 0) is 72.7 Å². The Morgan fingerprint density at radius 1 is 1.17 bits per heavy atom. The molecule has 0 bridgehead atoms. The smallest absolute Gasteiger partial charge is 0.146 e. The maximum Gasteiger partial charge on any atom is 0.146 e. The molecule has 0 spiro atoms. The molecular weight excluding hydrogens is 299 g/mol. The highest BCUT2D eigenvalue weighted by Crippen LogP contribution is 2.34. The number of hydrogen-bond acceptors (Lipinski definition) is 2. The van der Waals surface area contributed by atoms with E-state index in [1.54, 1.807) is 7.05 Å². The molecule has 0 radical (unpaired) electrons. The lowest BCUT2D eigenvalue weighted by Gasteiger charge is -2.18. The van der Waals surface area contributed by atoms with Gasteiger partial charge < -0.3 is 5.32 Å². The maximum absolute atomic E-state index is 14.0. The van der Waals surface area contributed by atoms with E-state index >= 15 is 0 Å². The first-order valence-corrected chi connectivity index (χ1v) is 8.13. The fourth-order valence-electron chi connectivity index (χ4n) is 3.11. The summed E-state index contributed by atoms with van der Waals surface area (Å²) in [7, 11) is 1.73. The summed E-state index contributed by atoms with van der Waals surface area (Å²) < 4.78 is 14.0. The van der Waals surface area contributed by atoms with Crippen LogP contribution in [0.25, 0.3) is 5.57 Å². The lowest BCUT2D eigenvalue weighted by molar-refractivity contribution is 0.630. The van der Waals surface area contributed by atoms with Crippen molar-refractivity contribution in [2.24, 2.45) is 0 Å². The molecule has 0 atom stereocenters. The van der Waals surface area contributed by atoms with Gasteiger partial charge in [-0.25, -0.2) is 4.39 Å². The molecule has 24 heavy (non-hydrogen) atoms. The van der Waals surface area contributed by atoms with E-state index in [4.69, 9.17) is 0 Å². The molecule has 0 amide bonds. The lowest BCUT2D eigenvalue weighted by Crippen LogP contribution is -2.02. The van der Waals surface area contributed by atoms with Gasteiger partial charge in [0.1, 0.15) is 5.82 Å². The van der Waals surface area contributed by atoms with E-state index in [1.165, 1.54) is 6.07 Å². The summed E-state index contributed by atoms with van der Waals surface area (Å²) in [5, 5.41) is 12.3. The summed E-state index contributed by atoms with van der Waals surface area (Å²) in [5.41, 5.74) is 7.19. The molecule has 2 aromatic rings. The quantitative estimate of drug-likeness (QED) is 0.806. The Labute approximate surface area is 143 Å². The molecule has 124 valence electrons. The number of hydrogen-bond donors (Lipinski definition) is 1. The van der Waals surface area contributed by atoms with Gasteiger partial charge in [0.2, 0.25) is 0 Å². The van der Waals surface area contributed by atoms with E-state index < -0.39 is 0 Å². The highest BCUT2D eigenvalue weighted by Gasteiger charge is 2.16. The number of nitrogens with zero attached hydrogens (tertiary/aromatic N) is 1. The minimum absolute atomic E-state index is 0.257. The van der Waals surface area contributed by atoms with Gasteiger partial charge in [0, 0.05) is 7.05 Å². The molecule has 0 aliphatic rings. The first kappa shape index (κ1) is 17.7. The average Bonchev–Trinajstić information content (AvgIpc) is 2.54. The standard InChI is InChI=1S/C21H23FN2/c1-6-7-18(17-8-9-20(22)21(24-5)15(17)4)19-11-16(12-23)13(2)10-14(19)3/h7-11,24H,6H2,1-5H3/b18-7-. The van der Waals surface area contributed by atoms with E-state index in [9.17, 15) is 9.65 Å². The van der Waals surface area contributed by atoms with Gasteiger partial charge in [-0.3, -0.25) is 0 Å². The van der Waals surface area contributed by atoms with Crippen LogP contribution in [-0.2, 0) is 0 Å². The first-order valence-electron chi connectivity index (χ1n) is 8.13. The van der Waals surface area contributed by atoms with Crippen LogP contribution in [0.2, 0.25) is 0 Å². The summed E-state index contributed by atoms with van der Waals surface area (Å²) in [6.45, 7) is 7.99. The van der Waals surface area contributed by atoms with Crippen molar-refractivity contribution in [1.29, 1.82) is 5.26 Å². The largest absolute Gasteiger partial charge is 0.386 e. The van der Waals surface area contributed by atoms with Crippen molar-refractivity contribution in [2.75, 3.05) is 12.4 Å². The van der Waals surface area contributed by atoms with Gasteiger partial charge in [-0.1, -0.05) is 25.1 Å². The third kappa shape index (κ3) is 3.19. The summed E-state index contributed by atoms with van der Waals surface area (Å²) in [6.07, 6.45) is 2.99. The third-order valence-corrected chi connectivity index (χ3v) is 4.34. The van der Waals surface area contributed by atoms with Crippen molar-refractivity contribution >= 4 is 11.3 Å². The number of halogens is 1. The zero-order valence-corrected chi connectivity index (χ0v) is 14.9. The summed E-state index contributed by atoms with van der Waals surface area (Å²) in [5.74, 6) is -0.257. The molecule has 0 aromatic heterocycles. The predicted octanol–water partition coefficient (Wildman–Crippen LogP) is 5.51. The Bertz CT molecular complexity index is 842. The highest BCUT2D eigenvalue weighted by atomic mass is 19.1. The van der Waals surface area contributed by atoms with Gasteiger partial charge in [-0.2, -0.15) is 5.26 Å². The molecule has 0 fully saturated rings. The molecule has 3 heteroatoms. The minimum Gasteiger partial charge on any atom is -0.386 e. The number of anilines is 1. The Morgan fingerprint density at radius 3 is 2.46 bits per heavy atom. The Balaban J connectivity index is 2.74.